The fraction of sp³-hybridized carbons (Fsp3) is 0.667. The van der Waals surface area contributed by atoms with Crippen molar-refractivity contribution in [3.63, 3.8) is 0 Å². The number of nitrogens with zero attached hydrogens (tertiary/aromatic N) is 4. The molecule has 9 nitrogen and oxygen atoms in total. The molecular weight excluding hydrogens is 456 g/mol. The van der Waals surface area contributed by atoms with Gasteiger partial charge in [-0.1, -0.05) is 38.1 Å². The predicted molar refractivity (Wildman–Crippen MR) is 140 cm³/mol. The van der Waals surface area contributed by atoms with Gasteiger partial charge in [-0.3, -0.25) is 4.79 Å². The van der Waals surface area contributed by atoms with Gasteiger partial charge in [0, 0.05) is 25.6 Å². The Balaban J connectivity index is 1.16. The molecule has 0 unspecified atom stereocenters. The van der Waals surface area contributed by atoms with E-state index in [1.165, 1.54) is 0 Å². The van der Waals surface area contributed by atoms with Crippen molar-refractivity contribution in [2.45, 2.75) is 77.4 Å². The van der Waals surface area contributed by atoms with E-state index in [2.05, 4.69) is 35.8 Å². The molecule has 1 aromatic carbocycles. The van der Waals surface area contributed by atoms with Gasteiger partial charge in [0.15, 0.2) is 5.82 Å². The SMILES string of the molecule is CC(C)c1noc(N2CCC([C@H](C)CCOc3ccc(C[C@H](N)C(=O)N4CCC[C@H]4N)cc3)CC2)n1. The fourth-order valence-electron chi connectivity index (χ4n) is 5.19. The zero-order chi connectivity index (χ0) is 25.7. The van der Waals surface area contributed by atoms with Crippen molar-refractivity contribution in [2.24, 2.45) is 23.3 Å². The lowest BCUT2D eigenvalue weighted by molar-refractivity contribution is -0.133. The number of benzene rings is 1. The highest BCUT2D eigenvalue weighted by atomic mass is 16.5. The molecule has 0 aliphatic carbocycles. The number of aromatic nitrogens is 2. The first-order valence-electron chi connectivity index (χ1n) is 13.4. The molecule has 0 bridgehead atoms. The molecule has 1 aromatic heterocycles. The first kappa shape index (κ1) is 26.4. The van der Waals surface area contributed by atoms with E-state index in [-0.39, 0.29) is 18.0 Å². The molecule has 0 radical (unpaired) electrons. The Labute approximate surface area is 214 Å². The van der Waals surface area contributed by atoms with E-state index in [4.69, 9.17) is 20.7 Å². The van der Waals surface area contributed by atoms with Gasteiger partial charge >= 0.3 is 6.01 Å². The summed E-state index contributed by atoms with van der Waals surface area (Å²) < 4.78 is 11.5. The number of anilines is 1. The van der Waals surface area contributed by atoms with Crippen LogP contribution in [-0.4, -0.2) is 59.4 Å². The molecule has 2 aliphatic rings. The zero-order valence-corrected chi connectivity index (χ0v) is 21.9. The first-order chi connectivity index (χ1) is 17.3. The van der Waals surface area contributed by atoms with E-state index in [0.717, 1.165) is 62.3 Å². The lowest BCUT2D eigenvalue weighted by Gasteiger charge is -2.33. The minimum atomic E-state index is -0.565. The number of piperidine rings is 1. The normalized spacial score (nSPS) is 20.7. The van der Waals surface area contributed by atoms with E-state index in [1.54, 1.807) is 4.90 Å². The van der Waals surface area contributed by atoms with Crippen molar-refractivity contribution in [1.29, 1.82) is 0 Å². The van der Waals surface area contributed by atoms with E-state index in [9.17, 15) is 4.79 Å². The number of likely N-dealkylation sites (tertiary alicyclic amines) is 1. The van der Waals surface area contributed by atoms with Crippen molar-refractivity contribution in [1.82, 2.24) is 15.0 Å². The molecule has 4 N–H and O–H groups in total. The Morgan fingerprint density at radius 2 is 1.86 bits per heavy atom. The monoisotopic (exact) mass is 498 g/mol. The Kier molecular flexibility index (Phi) is 8.85. The number of rotatable bonds is 10. The largest absolute Gasteiger partial charge is 0.494 e. The lowest BCUT2D eigenvalue weighted by Crippen LogP contribution is -2.49. The summed E-state index contributed by atoms with van der Waals surface area (Å²) >= 11 is 0. The van der Waals surface area contributed by atoms with Crippen LogP contribution in [0.3, 0.4) is 0 Å². The summed E-state index contributed by atoms with van der Waals surface area (Å²) in [5.41, 5.74) is 13.2. The lowest BCUT2D eigenvalue weighted by atomic mass is 9.84. The molecule has 0 saturated carbocycles. The fourth-order valence-corrected chi connectivity index (χ4v) is 5.19. The molecule has 36 heavy (non-hydrogen) atoms. The van der Waals surface area contributed by atoms with Gasteiger partial charge in [0.25, 0.3) is 0 Å². The minimum Gasteiger partial charge on any atom is -0.494 e. The van der Waals surface area contributed by atoms with Crippen LogP contribution in [0.4, 0.5) is 6.01 Å². The minimum absolute atomic E-state index is 0.0578. The van der Waals surface area contributed by atoms with Crippen molar-refractivity contribution in [2.75, 3.05) is 31.1 Å². The van der Waals surface area contributed by atoms with Gasteiger partial charge in [0.1, 0.15) is 5.75 Å². The average Bonchev–Trinajstić information content (AvgIpc) is 3.54. The molecule has 2 fully saturated rings. The molecule has 198 valence electrons. The molecule has 2 aromatic rings. The molecule has 2 aliphatic heterocycles. The summed E-state index contributed by atoms with van der Waals surface area (Å²) in [4.78, 5) is 21.0. The smallest absolute Gasteiger partial charge is 0.324 e. The van der Waals surface area contributed by atoms with Gasteiger partial charge in [-0.25, -0.2) is 0 Å². The third-order valence-electron chi connectivity index (χ3n) is 7.68. The van der Waals surface area contributed by atoms with Crippen LogP contribution in [0.2, 0.25) is 0 Å². The van der Waals surface area contributed by atoms with Crippen LogP contribution in [0.5, 0.6) is 5.75 Å². The van der Waals surface area contributed by atoms with Gasteiger partial charge < -0.3 is 30.5 Å². The highest BCUT2D eigenvalue weighted by Gasteiger charge is 2.29. The second-order valence-electron chi connectivity index (χ2n) is 10.7. The third kappa shape index (κ3) is 6.56. The molecule has 3 atom stereocenters. The molecule has 0 spiro atoms. The zero-order valence-electron chi connectivity index (χ0n) is 21.9. The van der Waals surface area contributed by atoms with Gasteiger partial charge in [-0.2, -0.15) is 4.98 Å². The molecule has 9 heteroatoms. The van der Waals surface area contributed by atoms with Crippen molar-refractivity contribution in [3.8, 4) is 5.75 Å². The standard InChI is InChI=1S/C27H42N6O3/c1-18(2)25-30-27(36-31-25)32-14-10-21(11-15-32)19(3)12-16-35-22-8-6-20(7-9-22)17-23(28)26(34)33-13-4-5-24(33)29/h6-9,18-19,21,23-24H,4-5,10-17,28-29H2,1-3H3/t19-,23+,24+/m1/s1. The Bertz CT molecular complexity index is 970. The van der Waals surface area contributed by atoms with Crippen LogP contribution in [0, 0.1) is 11.8 Å². The van der Waals surface area contributed by atoms with Crippen LogP contribution in [0.15, 0.2) is 28.8 Å². The maximum atomic E-state index is 12.6. The summed E-state index contributed by atoms with van der Waals surface area (Å²) in [5.74, 6) is 3.09. The van der Waals surface area contributed by atoms with Gasteiger partial charge in [-0.05, 0) is 68.1 Å². The topological polar surface area (TPSA) is 124 Å². The first-order valence-corrected chi connectivity index (χ1v) is 13.4. The molecule has 3 heterocycles. The molecule has 1 amide bonds. The third-order valence-corrected chi connectivity index (χ3v) is 7.68. The maximum absolute atomic E-state index is 12.6. The number of amides is 1. The molecule has 2 saturated heterocycles. The number of carbonyl (C=O) groups is 1. The second-order valence-corrected chi connectivity index (χ2v) is 10.7. The number of hydrogen-bond acceptors (Lipinski definition) is 8. The summed E-state index contributed by atoms with van der Waals surface area (Å²) in [5, 5.41) is 4.09. The summed E-state index contributed by atoms with van der Waals surface area (Å²) in [6.07, 6.45) is 5.36. The quantitative estimate of drug-likeness (QED) is 0.511. The number of ether oxygens (including phenoxy) is 1. The summed E-state index contributed by atoms with van der Waals surface area (Å²) in [6.45, 7) is 9.76. The highest BCUT2D eigenvalue weighted by molar-refractivity contribution is 5.82. The number of nitrogens with two attached hydrogens (primary N) is 2. The maximum Gasteiger partial charge on any atom is 0.324 e. The van der Waals surface area contributed by atoms with Crippen LogP contribution < -0.4 is 21.1 Å². The second kappa shape index (κ2) is 12.1. The number of carbonyl (C=O) groups excluding carboxylic acids is 1. The van der Waals surface area contributed by atoms with E-state index in [1.807, 2.05) is 24.3 Å². The van der Waals surface area contributed by atoms with E-state index < -0.39 is 6.04 Å². The van der Waals surface area contributed by atoms with Crippen molar-refractivity contribution in [3.05, 3.63) is 35.7 Å². The van der Waals surface area contributed by atoms with E-state index >= 15 is 0 Å². The summed E-state index contributed by atoms with van der Waals surface area (Å²) in [7, 11) is 0. The highest BCUT2D eigenvalue weighted by Crippen LogP contribution is 2.30. The Morgan fingerprint density at radius 3 is 2.47 bits per heavy atom. The summed E-state index contributed by atoms with van der Waals surface area (Å²) in [6, 6.07) is 8.01. The van der Waals surface area contributed by atoms with Crippen LogP contribution in [0.25, 0.3) is 0 Å². The number of hydrogen-bond donors (Lipinski definition) is 2. The molecular formula is C27H42N6O3. The van der Waals surface area contributed by atoms with Crippen molar-refractivity contribution >= 4 is 11.9 Å². The van der Waals surface area contributed by atoms with Crippen LogP contribution in [0.1, 0.15) is 70.2 Å². The van der Waals surface area contributed by atoms with E-state index in [0.29, 0.717) is 37.4 Å². The van der Waals surface area contributed by atoms with Gasteiger partial charge in [0.2, 0.25) is 5.91 Å². The van der Waals surface area contributed by atoms with Crippen molar-refractivity contribution < 1.29 is 14.1 Å². The van der Waals surface area contributed by atoms with Gasteiger partial charge in [0.05, 0.1) is 18.8 Å². The van der Waals surface area contributed by atoms with Gasteiger partial charge in [-0.15, -0.1) is 0 Å². The molecule has 4 rings (SSSR count). The predicted octanol–water partition coefficient (Wildman–Crippen LogP) is 3.29. The van der Waals surface area contributed by atoms with Crippen LogP contribution >= 0.6 is 0 Å². The Hall–Kier alpha value is -2.65. The average molecular weight is 499 g/mol. The Morgan fingerprint density at radius 1 is 1.14 bits per heavy atom. The van der Waals surface area contributed by atoms with Crippen LogP contribution in [-0.2, 0) is 11.2 Å².